The molecule has 3 aromatic rings. The van der Waals surface area contributed by atoms with Crippen molar-refractivity contribution in [2.24, 2.45) is 0 Å². The molecule has 2 atom stereocenters. The number of pyridine rings is 1. The highest BCUT2D eigenvalue weighted by molar-refractivity contribution is 5.87. The Kier molecular flexibility index (Phi) is 5.76. The molecule has 1 aliphatic rings. The summed E-state index contributed by atoms with van der Waals surface area (Å²) < 4.78 is 17.5. The molecule has 0 radical (unpaired) electrons. The largest absolute Gasteiger partial charge is 0.508 e. The van der Waals surface area contributed by atoms with E-state index >= 15 is 0 Å². The molecule has 1 saturated heterocycles. The molecule has 1 aliphatic heterocycles. The fraction of sp³-hybridized carbons (Fsp3) is 0.280. The zero-order valence-corrected chi connectivity index (χ0v) is 18.5. The number of ether oxygens (including phenoxy) is 3. The lowest BCUT2D eigenvalue weighted by Gasteiger charge is -2.33. The van der Waals surface area contributed by atoms with Crippen LogP contribution in [0.25, 0.3) is 0 Å². The summed E-state index contributed by atoms with van der Waals surface area (Å²) in [5.74, 6) is 0.913. The number of methoxy groups -OCH3 is 2. The molecule has 1 aromatic heterocycles. The van der Waals surface area contributed by atoms with Gasteiger partial charge in [-0.3, -0.25) is 14.7 Å². The number of para-hydroxylation sites is 1. The lowest BCUT2D eigenvalue weighted by Crippen LogP contribution is -2.39. The number of hydrogen-bond donors (Lipinski definition) is 1. The van der Waals surface area contributed by atoms with E-state index in [2.05, 4.69) is 4.98 Å². The average molecular weight is 434 g/mol. The van der Waals surface area contributed by atoms with Crippen LogP contribution in [0.1, 0.15) is 42.8 Å². The van der Waals surface area contributed by atoms with Crippen molar-refractivity contribution in [1.29, 1.82) is 0 Å². The van der Waals surface area contributed by atoms with E-state index in [0.29, 0.717) is 22.6 Å². The topological polar surface area (TPSA) is 81.1 Å². The quantitative estimate of drug-likeness (QED) is 0.625. The number of hydrogen-bond acceptors (Lipinski definition) is 6. The number of aromatic hydroxyl groups is 1. The number of benzene rings is 2. The van der Waals surface area contributed by atoms with Gasteiger partial charge < -0.3 is 19.3 Å². The third kappa shape index (κ3) is 3.65. The van der Waals surface area contributed by atoms with Crippen molar-refractivity contribution < 1.29 is 24.1 Å². The van der Waals surface area contributed by atoms with Crippen molar-refractivity contribution in [2.75, 3.05) is 14.2 Å². The van der Waals surface area contributed by atoms with Crippen LogP contribution in [0.5, 0.6) is 17.2 Å². The Morgan fingerprint density at radius 2 is 1.72 bits per heavy atom. The first-order valence-electron chi connectivity index (χ1n) is 10.3. The maximum absolute atomic E-state index is 13.7. The van der Waals surface area contributed by atoms with Crippen LogP contribution < -0.4 is 9.47 Å². The highest BCUT2D eigenvalue weighted by atomic mass is 16.6. The van der Waals surface area contributed by atoms with Crippen LogP contribution in [-0.2, 0) is 9.53 Å². The van der Waals surface area contributed by atoms with Gasteiger partial charge in [-0.15, -0.1) is 0 Å². The van der Waals surface area contributed by atoms with Gasteiger partial charge in [0.05, 0.1) is 25.8 Å². The van der Waals surface area contributed by atoms with Crippen molar-refractivity contribution in [3.63, 3.8) is 0 Å². The van der Waals surface area contributed by atoms with Gasteiger partial charge in [0, 0.05) is 18.0 Å². The molecule has 1 N–H and O–H groups in total. The number of nitrogens with zero attached hydrogens (tertiary/aromatic N) is 2. The highest BCUT2D eigenvalue weighted by Gasteiger charge is 2.52. The Labute approximate surface area is 187 Å². The first-order chi connectivity index (χ1) is 15.4. The van der Waals surface area contributed by atoms with E-state index in [1.807, 2.05) is 18.2 Å². The Bertz CT molecular complexity index is 1090. The molecule has 7 heteroatoms. The van der Waals surface area contributed by atoms with Crippen LogP contribution in [0, 0.1) is 0 Å². The Balaban J connectivity index is 1.97. The van der Waals surface area contributed by atoms with Crippen LogP contribution in [0.3, 0.4) is 0 Å². The van der Waals surface area contributed by atoms with Gasteiger partial charge in [0.15, 0.2) is 6.23 Å². The molecule has 1 amide bonds. The molecule has 0 spiro atoms. The van der Waals surface area contributed by atoms with Crippen molar-refractivity contribution >= 4 is 5.91 Å². The minimum Gasteiger partial charge on any atom is -0.508 e. The Hall–Kier alpha value is -3.58. The predicted octanol–water partition coefficient (Wildman–Crippen LogP) is 4.23. The van der Waals surface area contributed by atoms with Crippen LogP contribution in [0.2, 0.25) is 0 Å². The fourth-order valence-corrected chi connectivity index (χ4v) is 4.12. The van der Waals surface area contributed by atoms with E-state index in [1.54, 1.807) is 81.8 Å². The van der Waals surface area contributed by atoms with Gasteiger partial charge in [0.25, 0.3) is 5.91 Å². The molecule has 32 heavy (non-hydrogen) atoms. The van der Waals surface area contributed by atoms with Gasteiger partial charge in [0.2, 0.25) is 0 Å². The number of aromatic nitrogens is 1. The minimum atomic E-state index is -1.11. The molecule has 0 saturated carbocycles. The van der Waals surface area contributed by atoms with Crippen LogP contribution in [0.15, 0.2) is 67.0 Å². The van der Waals surface area contributed by atoms with Crippen molar-refractivity contribution in [3.8, 4) is 17.2 Å². The molecule has 2 heterocycles. The molecular formula is C25H26N2O5. The van der Waals surface area contributed by atoms with Gasteiger partial charge >= 0.3 is 0 Å². The molecular weight excluding hydrogens is 408 g/mol. The minimum absolute atomic E-state index is 0.0737. The van der Waals surface area contributed by atoms with Gasteiger partial charge in [-0.25, -0.2) is 0 Å². The number of rotatable bonds is 6. The maximum atomic E-state index is 13.7. The van der Waals surface area contributed by atoms with Crippen LogP contribution in [0.4, 0.5) is 0 Å². The van der Waals surface area contributed by atoms with E-state index in [-0.39, 0.29) is 11.7 Å². The third-order valence-electron chi connectivity index (χ3n) is 5.63. The number of phenols is 1. The molecule has 1 fully saturated rings. The Morgan fingerprint density at radius 3 is 2.31 bits per heavy atom. The summed E-state index contributed by atoms with van der Waals surface area (Å²) in [4.78, 5) is 19.6. The number of amides is 1. The smallest absolute Gasteiger partial charge is 0.257 e. The summed E-state index contributed by atoms with van der Waals surface area (Å²) in [5, 5.41) is 10.7. The van der Waals surface area contributed by atoms with Gasteiger partial charge in [-0.2, -0.15) is 0 Å². The van der Waals surface area contributed by atoms with E-state index in [1.165, 1.54) is 0 Å². The fourth-order valence-electron chi connectivity index (χ4n) is 4.12. The predicted molar refractivity (Wildman–Crippen MR) is 118 cm³/mol. The first kappa shape index (κ1) is 21.6. The number of carbonyl (C=O) groups is 1. The summed E-state index contributed by atoms with van der Waals surface area (Å²) >= 11 is 0. The maximum Gasteiger partial charge on any atom is 0.257 e. The van der Waals surface area contributed by atoms with E-state index in [4.69, 9.17) is 14.2 Å². The molecule has 0 aliphatic carbocycles. The molecule has 7 nitrogen and oxygen atoms in total. The zero-order chi connectivity index (χ0) is 22.9. The standard InChI is InChI=1S/C25H26N2O5/c1-25(2)24(29)27(23(32-25)21-19(30-3)12-7-13-20(21)31-4)22(16-9-8-14-26-15-16)17-10-5-6-11-18(17)28/h5-15,22-23,28H,1-4H3. The van der Waals surface area contributed by atoms with Gasteiger partial charge in [-0.1, -0.05) is 30.3 Å². The highest BCUT2D eigenvalue weighted by Crippen LogP contribution is 2.50. The second kappa shape index (κ2) is 8.51. The van der Waals surface area contributed by atoms with E-state index in [0.717, 1.165) is 5.56 Å². The monoisotopic (exact) mass is 434 g/mol. The first-order valence-corrected chi connectivity index (χ1v) is 10.3. The summed E-state index contributed by atoms with van der Waals surface area (Å²) in [6, 6.07) is 15.4. The lowest BCUT2D eigenvalue weighted by molar-refractivity contribution is -0.135. The van der Waals surface area contributed by atoms with Crippen LogP contribution in [-0.4, -0.2) is 40.7 Å². The van der Waals surface area contributed by atoms with Gasteiger partial charge in [-0.05, 0) is 43.7 Å². The van der Waals surface area contributed by atoms with Crippen molar-refractivity contribution in [2.45, 2.75) is 31.7 Å². The van der Waals surface area contributed by atoms with Crippen molar-refractivity contribution in [3.05, 3.63) is 83.7 Å². The van der Waals surface area contributed by atoms with E-state index in [9.17, 15) is 9.90 Å². The summed E-state index contributed by atoms with van der Waals surface area (Å²) in [6.45, 7) is 3.46. The molecule has 4 rings (SSSR count). The molecule has 2 unspecified atom stereocenters. The normalized spacial score (nSPS) is 18.4. The lowest BCUT2D eigenvalue weighted by atomic mass is 9.95. The van der Waals surface area contributed by atoms with E-state index < -0.39 is 17.9 Å². The molecule has 0 bridgehead atoms. The molecule has 2 aromatic carbocycles. The summed E-state index contributed by atoms with van der Waals surface area (Å²) in [7, 11) is 3.12. The van der Waals surface area contributed by atoms with Crippen molar-refractivity contribution in [1.82, 2.24) is 9.88 Å². The second-order valence-corrected chi connectivity index (χ2v) is 8.02. The van der Waals surface area contributed by atoms with Crippen LogP contribution >= 0.6 is 0 Å². The Morgan fingerprint density at radius 1 is 1.03 bits per heavy atom. The summed E-state index contributed by atoms with van der Waals surface area (Å²) in [6.07, 6.45) is 2.53. The number of carbonyl (C=O) groups excluding carboxylic acids is 1. The average Bonchev–Trinajstić information content (AvgIpc) is 3.04. The number of phenolic OH excluding ortho intramolecular Hbond substituents is 1. The third-order valence-corrected chi connectivity index (χ3v) is 5.63. The summed E-state index contributed by atoms with van der Waals surface area (Å²) in [5.41, 5.74) is 0.791. The zero-order valence-electron chi connectivity index (χ0n) is 18.5. The SMILES string of the molecule is COc1cccc(OC)c1C1OC(C)(C)C(=O)N1C(c1cccnc1)c1ccccc1O. The second-order valence-electron chi connectivity index (χ2n) is 8.02. The van der Waals surface area contributed by atoms with Gasteiger partial charge in [0.1, 0.15) is 22.8 Å². The molecule has 166 valence electrons.